The van der Waals surface area contributed by atoms with Gasteiger partial charge in [0.05, 0.1) is 11.8 Å². The highest BCUT2D eigenvalue weighted by molar-refractivity contribution is 7.89. The molecule has 1 aliphatic rings. The van der Waals surface area contributed by atoms with Crippen molar-refractivity contribution in [3.63, 3.8) is 0 Å². The van der Waals surface area contributed by atoms with Crippen molar-refractivity contribution >= 4 is 10.0 Å². The normalized spacial score (nSPS) is 20.9. The lowest BCUT2D eigenvalue weighted by atomic mass is 10.2. The van der Waals surface area contributed by atoms with Crippen molar-refractivity contribution in [1.82, 2.24) is 19.1 Å². The van der Waals surface area contributed by atoms with E-state index >= 15 is 0 Å². The maximum atomic E-state index is 12.3. The van der Waals surface area contributed by atoms with Gasteiger partial charge in [-0.1, -0.05) is 20.8 Å². The van der Waals surface area contributed by atoms with Crippen molar-refractivity contribution in [2.24, 2.45) is 5.92 Å². The third-order valence-electron chi connectivity index (χ3n) is 3.53. The van der Waals surface area contributed by atoms with Gasteiger partial charge >= 0.3 is 0 Å². The van der Waals surface area contributed by atoms with Crippen LogP contribution in [0.2, 0.25) is 0 Å². The van der Waals surface area contributed by atoms with Crippen LogP contribution >= 0.6 is 0 Å². The van der Waals surface area contributed by atoms with Gasteiger partial charge in [0, 0.05) is 13.1 Å². The molecule has 2 rings (SSSR count). The summed E-state index contributed by atoms with van der Waals surface area (Å²) in [6, 6.07) is -0.146. The highest BCUT2D eigenvalue weighted by Crippen LogP contribution is 2.33. The first-order valence-electron chi connectivity index (χ1n) is 7.33. The molecule has 1 atom stereocenters. The minimum Gasteiger partial charge on any atom is -0.316 e. The molecule has 20 heavy (non-hydrogen) atoms. The maximum absolute atomic E-state index is 12.3. The molecule has 7 heteroatoms. The summed E-state index contributed by atoms with van der Waals surface area (Å²) in [6.45, 7) is 7.57. The smallest absolute Gasteiger partial charge is 0.214 e. The van der Waals surface area contributed by atoms with Gasteiger partial charge in [-0.15, -0.1) is 10.2 Å². The van der Waals surface area contributed by atoms with Crippen LogP contribution in [0.4, 0.5) is 0 Å². The van der Waals surface area contributed by atoms with E-state index in [1.54, 1.807) is 10.6 Å². The summed E-state index contributed by atoms with van der Waals surface area (Å²) in [7, 11) is -3.18. The Balaban J connectivity index is 2.25. The second-order valence-electron chi connectivity index (χ2n) is 5.82. The second-order valence-corrected chi connectivity index (χ2v) is 7.86. The molecule has 0 bridgehead atoms. The molecule has 0 aromatic carbocycles. The Morgan fingerprint density at radius 3 is 2.85 bits per heavy atom. The van der Waals surface area contributed by atoms with E-state index in [0.717, 1.165) is 25.2 Å². The fourth-order valence-corrected chi connectivity index (χ4v) is 4.51. The number of nitrogens with zero attached hydrogens (tertiary/aromatic N) is 4. The van der Waals surface area contributed by atoms with Gasteiger partial charge in [0.15, 0.2) is 5.82 Å². The van der Waals surface area contributed by atoms with E-state index < -0.39 is 10.0 Å². The van der Waals surface area contributed by atoms with Gasteiger partial charge < -0.3 is 4.57 Å². The van der Waals surface area contributed by atoms with Crippen molar-refractivity contribution < 1.29 is 8.42 Å². The molecular weight excluding hydrogens is 276 g/mol. The van der Waals surface area contributed by atoms with E-state index in [4.69, 9.17) is 0 Å². The summed E-state index contributed by atoms with van der Waals surface area (Å²) in [5.74, 6) is 1.48. The molecule has 0 aliphatic carbocycles. The fourth-order valence-electron chi connectivity index (χ4n) is 2.76. The van der Waals surface area contributed by atoms with Crippen LogP contribution in [0.15, 0.2) is 6.33 Å². The quantitative estimate of drug-likeness (QED) is 0.803. The maximum Gasteiger partial charge on any atom is 0.214 e. The number of sulfonamides is 1. The zero-order valence-electron chi connectivity index (χ0n) is 12.5. The Labute approximate surface area is 121 Å². The van der Waals surface area contributed by atoms with Crippen LogP contribution in [0.1, 0.15) is 51.9 Å². The Hall–Kier alpha value is -0.950. The Bertz CT molecular complexity index is 538. The monoisotopic (exact) mass is 300 g/mol. The van der Waals surface area contributed by atoms with Crippen molar-refractivity contribution in [2.45, 2.75) is 52.6 Å². The molecule has 0 spiro atoms. The molecule has 0 N–H and O–H groups in total. The van der Waals surface area contributed by atoms with Crippen LogP contribution in [-0.2, 0) is 16.6 Å². The third-order valence-corrected chi connectivity index (χ3v) is 5.60. The molecular formula is C13H24N4O2S. The lowest BCUT2D eigenvalue weighted by Crippen LogP contribution is -2.33. The molecule has 1 fully saturated rings. The summed E-state index contributed by atoms with van der Waals surface area (Å²) in [6.07, 6.45) is 4.07. The molecule has 1 unspecified atom stereocenters. The van der Waals surface area contributed by atoms with E-state index in [1.165, 1.54) is 0 Å². The highest BCUT2D eigenvalue weighted by atomic mass is 32.2. The highest BCUT2D eigenvalue weighted by Gasteiger charge is 2.37. The number of hydrogen-bond donors (Lipinski definition) is 0. The van der Waals surface area contributed by atoms with Crippen LogP contribution in [0.25, 0.3) is 0 Å². The third kappa shape index (κ3) is 3.20. The molecule has 0 saturated carbocycles. The molecule has 114 valence electrons. The summed E-state index contributed by atoms with van der Waals surface area (Å²) in [5.41, 5.74) is 0. The molecule has 1 aromatic heterocycles. The van der Waals surface area contributed by atoms with Crippen LogP contribution in [0.3, 0.4) is 0 Å². The number of hydrogen-bond acceptors (Lipinski definition) is 4. The first-order chi connectivity index (χ1) is 9.45. The zero-order chi connectivity index (χ0) is 14.8. The Morgan fingerprint density at radius 1 is 1.45 bits per heavy atom. The van der Waals surface area contributed by atoms with Crippen LogP contribution in [0, 0.1) is 5.92 Å². The van der Waals surface area contributed by atoms with Crippen LogP contribution in [0.5, 0.6) is 0 Å². The van der Waals surface area contributed by atoms with Gasteiger partial charge in [0.1, 0.15) is 6.33 Å². The largest absolute Gasteiger partial charge is 0.316 e. The Kier molecular flexibility index (Phi) is 4.80. The van der Waals surface area contributed by atoms with Crippen molar-refractivity contribution in [2.75, 3.05) is 12.3 Å². The van der Waals surface area contributed by atoms with Gasteiger partial charge in [-0.3, -0.25) is 0 Å². The van der Waals surface area contributed by atoms with Gasteiger partial charge in [0.2, 0.25) is 10.0 Å². The van der Waals surface area contributed by atoms with Crippen LogP contribution < -0.4 is 0 Å². The number of aromatic nitrogens is 3. The van der Waals surface area contributed by atoms with Crippen LogP contribution in [-0.4, -0.2) is 39.8 Å². The van der Waals surface area contributed by atoms with Crippen molar-refractivity contribution in [3.05, 3.63) is 12.2 Å². The van der Waals surface area contributed by atoms with Gasteiger partial charge in [0.25, 0.3) is 0 Å². The predicted octanol–water partition coefficient (Wildman–Crippen LogP) is 1.81. The lowest BCUT2D eigenvalue weighted by molar-refractivity contribution is 0.364. The Morgan fingerprint density at radius 2 is 2.20 bits per heavy atom. The van der Waals surface area contributed by atoms with Crippen molar-refractivity contribution in [1.29, 1.82) is 0 Å². The summed E-state index contributed by atoms with van der Waals surface area (Å²) in [5, 5.41) is 8.16. The van der Waals surface area contributed by atoms with E-state index in [9.17, 15) is 8.42 Å². The average Bonchev–Trinajstić information content (AvgIpc) is 2.95. The van der Waals surface area contributed by atoms with E-state index in [-0.39, 0.29) is 11.8 Å². The molecule has 1 aliphatic heterocycles. The summed E-state index contributed by atoms with van der Waals surface area (Å²) >= 11 is 0. The molecule has 2 heterocycles. The average molecular weight is 300 g/mol. The first kappa shape index (κ1) is 15.4. The van der Waals surface area contributed by atoms with Gasteiger partial charge in [-0.05, 0) is 25.2 Å². The molecule has 0 radical (unpaired) electrons. The fraction of sp³-hybridized carbons (Fsp3) is 0.846. The van der Waals surface area contributed by atoms with Crippen molar-refractivity contribution in [3.8, 4) is 0 Å². The topological polar surface area (TPSA) is 68.1 Å². The number of rotatable bonds is 6. The standard InChI is InChI=1S/C13H24N4O2S/c1-4-8-20(18,19)17-7-5-6-12(17)13-15-14-10-16(13)9-11(2)3/h10-12H,4-9H2,1-3H3. The van der Waals surface area contributed by atoms with Gasteiger partial charge in [-0.2, -0.15) is 4.31 Å². The summed E-state index contributed by atoms with van der Waals surface area (Å²) < 4.78 is 28.3. The predicted molar refractivity (Wildman–Crippen MR) is 77.6 cm³/mol. The molecule has 0 amide bonds. The van der Waals surface area contributed by atoms with E-state index in [2.05, 4.69) is 24.0 Å². The minimum absolute atomic E-state index is 0.146. The molecule has 1 aromatic rings. The SMILES string of the molecule is CCCS(=O)(=O)N1CCCC1c1nncn1CC(C)C. The van der Waals surface area contributed by atoms with E-state index in [0.29, 0.717) is 18.9 Å². The van der Waals surface area contributed by atoms with Gasteiger partial charge in [-0.25, -0.2) is 8.42 Å². The first-order valence-corrected chi connectivity index (χ1v) is 8.93. The minimum atomic E-state index is -3.18. The lowest BCUT2D eigenvalue weighted by Gasteiger charge is -2.24. The second kappa shape index (κ2) is 6.22. The summed E-state index contributed by atoms with van der Waals surface area (Å²) in [4.78, 5) is 0. The zero-order valence-corrected chi connectivity index (χ0v) is 13.3. The van der Waals surface area contributed by atoms with E-state index in [1.807, 2.05) is 11.5 Å². The molecule has 6 nitrogen and oxygen atoms in total. The molecule has 1 saturated heterocycles.